The van der Waals surface area contributed by atoms with Gasteiger partial charge in [-0.25, -0.2) is 4.39 Å². The summed E-state index contributed by atoms with van der Waals surface area (Å²) in [5, 5.41) is 0.834. The van der Waals surface area contributed by atoms with Crippen molar-refractivity contribution in [2.24, 2.45) is 0 Å². The average Bonchev–Trinajstić information content (AvgIpc) is 2.84. The van der Waals surface area contributed by atoms with E-state index in [9.17, 15) is 9.18 Å². The first-order chi connectivity index (χ1) is 17.5. The molecule has 0 bridgehead atoms. The number of fused-ring (bicyclic) bond motifs is 1. The van der Waals surface area contributed by atoms with Crippen molar-refractivity contribution < 1.29 is 4.39 Å². The number of aromatic nitrogens is 1. The third-order valence-corrected chi connectivity index (χ3v) is 7.82. The fraction of sp³-hybridized carbons (Fsp3) is 0.258. The Morgan fingerprint density at radius 1 is 0.947 bits per heavy atom. The van der Waals surface area contributed by atoms with Gasteiger partial charge in [-0.05, 0) is 93.3 Å². The number of benzene rings is 2. The van der Waals surface area contributed by atoms with Crippen molar-refractivity contribution in [3.05, 3.63) is 104 Å². The number of aryl methyl sites for hydroxylation is 1. The molecule has 0 amide bonds. The molecule has 2 aromatic heterocycles. The molecule has 4 aromatic rings. The van der Waals surface area contributed by atoms with Gasteiger partial charge in [-0.2, -0.15) is 0 Å². The van der Waals surface area contributed by atoms with Crippen molar-refractivity contribution >= 4 is 46.7 Å². The van der Waals surface area contributed by atoms with Crippen LogP contribution >= 0.6 is 35.6 Å². The molecular weight excluding hydrogens is 542 g/mol. The summed E-state index contributed by atoms with van der Waals surface area (Å²) in [6, 6.07) is 15.8. The van der Waals surface area contributed by atoms with E-state index in [2.05, 4.69) is 43.9 Å². The van der Waals surface area contributed by atoms with Crippen LogP contribution in [0, 0.1) is 12.7 Å². The molecule has 3 nitrogen and oxygen atoms in total. The molecule has 0 fully saturated rings. The highest BCUT2D eigenvalue weighted by Gasteiger charge is 2.25. The molecule has 0 atom stereocenters. The fourth-order valence-electron chi connectivity index (χ4n) is 5.15. The highest BCUT2D eigenvalue weighted by Crippen LogP contribution is 2.38. The smallest absolute Gasteiger partial charge is 0.190 e. The molecule has 1 aliphatic rings. The largest absolute Gasteiger partial charge is 0.316 e. The molecule has 38 heavy (non-hydrogen) atoms. The van der Waals surface area contributed by atoms with Crippen molar-refractivity contribution in [2.45, 2.75) is 39.7 Å². The molecule has 0 radical (unpaired) electrons. The van der Waals surface area contributed by atoms with Gasteiger partial charge in [0, 0.05) is 42.0 Å². The Morgan fingerprint density at radius 2 is 1.66 bits per heavy atom. The van der Waals surface area contributed by atoms with E-state index in [0.717, 1.165) is 41.9 Å². The molecule has 3 heterocycles. The third-order valence-electron chi connectivity index (χ3n) is 7.19. The number of rotatable bonds is 3. The number of halogens is 4. The first-order valence-corrected chi connectivity index (χ1v) is 13.1. The molecule has 0 N–H and O–H groups in total. The van der Waals surface area contributed by atoms with E-state index >= 15 is 0 Å². The molecule has 2 aromatic carbocycles. The summed E-state index contributed by atoms with van der Waals surface area (Å²) in [4.78, 5) is 15.8. The van der Waals surface area contributed by atoms with Crippen molar-refractivity contribution in [1.82, 2.24) is 9.30 Å². The van der Waals surface area contributed by atoms with E-state index in [4.69, 9.17) is 23.2 Å². The fourth-order valence-corrected chi connectivity index (χ4v) is 5.73. The Balaban J connectivity index is 0.00000336. The van der Waals surface area contributed by atoms with Gasteiger partial charge < -0.3 is 4.40 Å². The van der Waals surface area contributed by atoms with Crippen LogP contribution in [0.4, 0.5) is 4.39 Å². The Kier molecular flexibility index (Phi) is 8.11. The van der Waals surface area contributed by atoms with Crippen LogP contribution in [0.15, 0.2) is 71.7 Å². The molecule has 198 valence electrons. The number of pyridine rings is 2. The Hall–Kier alpha value is -2.63. The maximum Gasteiger partial charge on any atom is 0.190 e. The molecule has 1 aliphatic heterocycles. The van der Waals surface area contributed by atoms with Gasteiger partial charge in [-0.15, -0.1) is 12.4 Å². The molecule has 0 saturated carbocycles. The van der Waals surface area contributed by atoms with E-state index < -0.39 is 0 Å². The molecule has 0 aliphatic carbocycles. The minimum Gasteiger partial charge on any atom is -0.316 e. The Morgan fingerprint density at radius 3 is 2.26 bits per heavy atom. The van der Waals surface area contributed by atoms with Crippen molar-refractivity contribution in [3.8, 4) is 22.4 Å². The number of nitrogens with zero attached hydrogens (tertiary/aromatic N) is 2. The monoisotopic (exact) mass is 570 g/mol. The Labute approximate surface area is 238 Å². The van der Waals surface area contributed by atoms with Gasteiger partial charge in [0.2, 0.25) is 0 Å². The van der Waals surface area contributed by atoms with Gasteiger partial charge in [-0.1, -0.05) is 35.3 Å². The molecule has 7 heteroatoms. The van der Waals surface area contributed by atoms with Gasteiger partial charge in [0.05, 0.1) is 26.8 Å². The standard InChI is InChI=1S/C31H29Cl2FN2O.ClH/c1-19-16-22(34)8-9-23(19)26-17-21(20-10-13-35(14-11-20)31(2,3)4)18-27-30(28(37)12-15-36(26)27)29-24(32)6-5-7-25(29)33;/h5-10,12,15-18H,11,13-14H2,1-4H3;1H. The topological polar surface area (TPSA) is 24.7 Å². The summed E-state index contributed by atoms with van der Waals surface area (Å²) < 4.78 is 16.0. The SMILES string of the molecule is Cc1cc(F)ccc1-c1cc(C2=CCN(C(C)(C)C)CC2)cc2c(-c3c(Cl)cccc3Cl)c(=O)ccn12.Cl. The summed E-state index contributed by atoms with van der Waals surface area (Å²) in [6.07, 6.45) is 4.92. The predicted molar refractivity (Wildman–Crippen MR) is 160 cm³/mol. The van der Waals surface area contributed by atoms with E-state index in [0.29, 0.717) is 26.7 Å². The zero-order valence-electron chi connectivity index (χ0n) is 21.8. The van der Waals surface area contributed by atoms with Gasteiger partial charge >= 0.3 is 0 Å². The van der Waals surface area contributed by atoms with Crippen molar-refractivity contribution in [3.63, 3.8) is 0 Å². The second-order valence-electron chi connectivity index (χ2n) is 10.6. The number of hydrogen-bond donors (Lipinski definition) is 0. The van der Waals surface area contributed by atoms with E-state index in [1.54, 1.807) is 30.5 Å². The zero-order chi connectivity index (χ0) is 26.5. The van der Waals surface area contributed by atoms with Crippen LogP contribution in [0.5, 0.6) is 0 Å². The van der Waals surface area contributed by atoms with E-state index in [-0.39, 0.29) is 29.2 Å². The quantitative estimate of drug-likeness (QED) is 0.246. The average molecular weight is 572 g/mol. The lowest BCUT2D eigenvalue weighted by Gasteiger charge is -2.37. The van der Waals surface area contributed by atoms with Crippen molar-refractivity contribution in [1.29, 1.82) is 0 Å². The lowest BCUT2D eigenvalue weighted by atomic mass is 9.93. The maximum absolute atomic E-state index is 14.0. The normalized spacial score (nSPS) is 14.3. The Bertz CT molecular complexity index is 1600. The summed E-state index contributed by atoms with van der Waals surface area (Å²) in [7, 11) is 0. The van der Waals surface area contributed by atoms with Gasteiger partial charge in [0.1, 0.15) is 5.82 Å². The number of hydrogen-bond acceptors (Lipinski definition) is 2. The first kappa shape index (κ1) is 28.4. The zero-order valence-corrected chi connectivity index (χ0v) is 24.1. The minimum atomic E-state index is -0.283. The first-order valence-electron chi connectivity index (χ1n) is 12.4. The predicted octanol–water partition coefficient (Wildman–Crippen LogP) is 8.70. The minimum absolute atomic E-state index is 0. The molecule has 0 unspecified atom stereocenters. The lowest BCUT2D eigenvalue weighted by Crippen LogP contribution is -2.43. The molecular formula is C31H30Cl3FN2O. The van der Waals surface area contributed by atoms with Crippen LogP contribution in [0.25, 0.3) is 33.5 Å². The summed E-state index contributed by atoms with van der Waals surface area (Å²) in [5.74, 6) is -0.283. The maximum atomic E-state index is 14.0. The highest BCUT2D eigenvalue weighted by atomic mass is 35.5. The van der Waals surface area contributed by atoms with Gasteiger partial charge in [-0.3, -0.25) is 9.69 Å². The second kappa shape index (κ2) is 10.9. The molecule has 0 spiro atoms. The molecule has 0 saturated heterocycles. The summed E-state index contributed by atoms with van der Waals surface area (Å²) in [6.45, 7) is 10.4. The van der Waals surface area contributed by atoms with Crippen LogP contribution in [-0.4, -0.2) is 27.9 Å². The lowest BCUT2D eigenvalue weighted by molar-refractivity contribution is 0.153. The van der Waals surface area contributed by atoms with Gasteiger partial charge in [0.15, 0.2) is 5.43 Å². The van der Waals surface area contributed by atoms with E-state index in [1.807, 2.05) is 11.3 Å². The third kappa shape index (κ3) is 5.28. The van der Waals surface area contributed by atoms with Crippen LogP contribution < -0.4 is 5.43 Å². The van der Waals surface area contributed by atoms with E-state index in [1.165, 1.54) is 23.8 Å². The van der Waals surface area contributed by atoms with Crippen molar-refractivity contribution in [2.75, 3.05) is 13.1 Å². The van der Waals surface area contributed by atoms with Crippen LogP contribution in [0.2, 0.25) is 10.0 Å². The van der Waals surface area contributed by atoms with Crippen LogP contribution in [0.3, 0.4) is 0 Å². The van der Waals surface area contributed by atoms with Gasteiger partial charge in [0.25, 0.3) is 0 Å². The van der Waals surface area contributed by atoms with Crippen LogP contribution in [0.1, 0.15) is 38.3 Å². The second-order valence-corrected chi connectivity index (χ2v) is 11.4. The summed E-state index contributed by atoms with van der Waals surface area (Å²) in [5.41, 5.74) is 6.42. The van der Waals surface area contributed by atoms with Crippen LogP contribution in [-0.2, 0) is 0 Å². The highest BCUT2D eigenvalue weighted by molar-refractivity contribution is 6.39. The summed E-state index contributed by atoms with van der Waals surface area (Å²) >= 11 is 13.2. The molecule has 5 rings (SSSR count).